The number of H-pyrrole nitrogens is 1. The van der Waals surface area contributed by atoms with Crippen LogP contribution >= 0.6 is 0 Å². The summed E-state index contributed by atoms with van der Waals surface area (Å²) in [7, 11) is 0. The van der Waals surface area contributed by atoms with Crippen molar-refractivity contribution >= 4 is 5.91 Å². The molecule has 3 aromatic rings. The maximum atomic E-state index is 13.0. The molecular formula is C21H24N6O. The standard InChI is InChI=1S/C21H24N6O/c1-13-11-22-14(2)19(23-13)16-6-8-17(9-7-16)21(28)27-10-4-5-18(12-27)20-24-15(3)25-26-20/h6-9,11,18H,4-5,10,12H2,1-3H3,(H,24,25,26)/t18-/m0/s1. The molecule has 0 spiro atoms. The van der Waals surface area contributed by atoms with Crippen molar-refractivity contribution < 1.29 is 4.79 Å². The summed E-state index contributed by atoms with van der Waals surface area (Å²) in [5.74, 6) is 1.85. The van der Waals surface area contributed by atoms with Crippen LogP contribution in [0.5, 0.6) is 0 Å². The van der Waals surface area contributed by atoms with Gasteiger partial charge in [0.1, 0.15) is 5.82 Å². The number of nitrogens with one attached hydrogen (secondary N) is 1. The van der Waals surface area contributed by atoms with Gasteiger partial charge < -0.3 is 4.90 Å². The molecule has 144 valence electrons. The molecule has 1 N–H and O–H groups in total. The highest BCUT2D eigenvalue weighted by Crippen LogP contribution is 2.26. The first-order valence-corrected chi connectivity index (χ1v) is 9.60. The van der Waals surface area contributed by atoms with Crippen molar-refractivity contribution in [2.75, 3.05) is 13.1 Å². The number of carbonyl (C=O) groups excluding carboxylic acids is 1. The summed E-state index contributed by atoms with van der Waals surface area (Å²) in [5.41, 5.74) is 4.27. The molecule has 1 aliphatic heterocycles. The first kappa shape index (κ1) is 18.3. The van der Waals surface area contributed by atoms with E-state index in [1.807, 2.05) is 49.9 Å². The number of aromatic nitrogens is 5. The lowest BCUT2D eigenvalue weighted by atomic mass is 9.96. The molecule has 7 nitrogen and oxygen atoms in total. The third-order valence-corrected chi connectivity index (χ3v) is 5.17. The molecule has 1 fully saturated rings. The first-order chi connectivity index (χ1) is 13.5. The average molecular weight is 376 g/mol. The van der Waals surface area contributed by atoms with Crippen molar-refractivity contribution in [2.24, 2.45) is 0 Å². The van der Waals surface area contributed by atoms with Gasteiger partial charge in [-0.3, -0.25) is 14.9 Å². The van der Waals surface area contributed by atoms with Gasteiger partial charge in [0.15, 0.2) is 5.82 Å². The second kappa shape index (κ2) is 7.50. The van der Waals surface area contributed by atoms with Gasteiger partial charge in [-0.1, -0.05) is 12.1 Å². The van der Waals surface area contributed by atoms with Crippen LogP contribution < -0.4 is 0 Å². The van der Waals surface area contributed by atoms with Crippen LogP contribution in [-0.4, -0.2) is 49.0 Å². The number of piperidine rings is 1. The summed E-state index contributed by atoms with van der Waals surface area (Å²) in [6.45, 7) is 7.18. The van der Waals surface area contributed by atoms with Gasteiger partial charge in [-0.25, -0.2) is 9.97 Å². The van der Waals surface area contributed by atoms with Gasteiger partial charge in [0, 0.05) is 36.3 Å². The second-order valence-electron chi connectivity index (χ2n) is 7.39. The topological polar surface area (TPSA) is 87.7 Å². The zero-order valence-electron chi connectivity index (χ0n) is 16.4. The summed E-state index contributed by atoms with van der Waals surface area (Å²) >= 11 is 0. The van der Waals surface area contributed by atoms with E-state index in [1.54, 1.807) is 6.20 Å². The zero-order chi connectivity index (χ0) is 19.7. The number of aromatic amines is 1. The Hall–Kier alpha value is -3.09. The van der Waals surface area contributed by atoms with Gasteiger partial charge in [-0.05, 0) is 45.7 Å². The highest BCUT2D eigenvalue weighted by atomic mass is 16.2. The van der Waals surface area contributed by atoms with Crippen LogP contribution in [0, 0.1) is 20.8 Å². The lowest BCUT2D eigenvalue weighted by Crippen LogP contribution is -2.39. The fraction of sp³-hybridized carbons (Fsp3) is 0.381. The van der Waals surface area contributed by atoms with Crippen molar-refractivity contribution in [3.63, 3.8) is 0 Å². The van der Waals surface area contributed by atoms with E-state index in [0.29, 0.717) is 12.1 Å². The third-order valence-electron chi connectivity index (χ3n) is 5.17. The predicted octanol–water partition coefficient (Wildman–Crippen LogP) is 3.21. The van der Waals surface area contributed by atoms with Crippen LogP contribution in [0.1, 0.15) is 52.2 Å². The Labute approximate surface area is 164 Å². The van der Waals surface area contributed by atoms with Crippen LogP contribution in [0.3, 0.4) is 0 Å². The van der Waals surface area contributed by atoms with Crippen LogP contribution in [0.4, 0.5) is 0 Å². The van der Waals surface area contributed by atoms with Gasteiger partial charge in [-0.2, -0.15) is 5.10 Å². The summed E-state index contributed by atoms with van der Waals surface area (Å²) < 4.78 is 0. The molecule has 0 unspecified atom stereocenters. The van der Waals surface area contributed by atoms with Crippen LogP contribution in [0.15, 0.2) is 30.5 Å². The van der Waals surface area contributed by atoms with Gasteiger partial charge in [0.05, 0.1) is 17.1 Å². The van der Waals surface area contributed by atoms with Crippen LogP contribution in [0.2, 0.25) is 0 Å². The zero-order valence-corrected chi connectivity index (χ0v) is 16.4. The van der Waals surface area contributed by atoms with E-state index in [-0.39, 0.29) is 11.8 Å². The molecule has 2 aromatic heterocycles. The van der Waals surface area contributed by atoms with Gasteiger partial charge >= 0.3 is 0 Å². The molecule has 3 heterocycles. The van der Waals surface area contributed by atoms with Crippen molar-refractivity contribution in [1.29, 1.82) is 0 Å². The quantitative estimate of drug-likeness (QED) is 0.758. The minimum absolute atomic E-state index is 0.0514. The fourth-order valence-electron chi connectivity index (χ4n) is 3.68. The van der Waals surface area contributed by atoms with Crippen LogP contribution in [0.25, 0.3) is 11.3 Å². The highest BCUT2D eigenvalue weighted by Gasteiger charge is 2.27. The van der Waals surface area contributed by atoms with Gasteiger partial charge in [0.25, 0.3) is 5.91 Å². The summed E-state index contributed by atoms with van der Waals surface area (Å²) in [5, 5.41) is 7.18. The minimum atomic E-state index is 0.0514. The smallest absolute Gasteiger partial charge is 0.253 e. The lowest BCUT2D eigenvalue weighted by molar-refractivity contribution is 0.0704. The van der Waals surface area contributed by atoms with E-state index < -0.39 is 0 Å². The summed E-state index contributed by atoms with van der Waals surface area (Å²) in [6.07, 6.45) is 3.73. The molecule has 28 heavy (non-hydrogen) atoms. The average Bonchev–Trinajstić information content (AvgIpc) is 3.16. The van der Waals surface area contributed by atoms with E-state index in [9.17, 15) is 4.79 Å². The first-order valence-electron chi connectivity index (χ1n) is 9.60. The van der Waals surface area contributed by atoms with E-state index in [4.69, 9.17) is 0 Å². The molecule has 1 aromatic carbocycles. The van der Waals surface area contributed by atoms with Gasteiger partial charge in [-0.15, -0.1) is 0 Å². The lowest BCUT2D eigenvalue weighted by Gasteiger charge is -2.31. The number of rotatable bonds is 3. The minimum Gasteiger partial charge on any atom is -0.338 e. The maximum Gasteiger partial charge on any atom is 0.253 e. The Kier molecular flexibility index (Phi) is 4.90. The number of carbonyl (C=O) groups is 1. The third kappa shape index (κ3) is 3.65. The summed E-state index contributed by atoms with van der Waals surface area (Å²) in [4.78, 5) is 28.3. The fourth-order valence-corrected chi connectivity index (χ4v) is 3.68. The molecule has 7 heteroatoms. The van der Waals surface area contributed by atoms with Crippen molar-refractivity contribution in [2.45, 2.75) is 39.5 Å². The molecular weight excluding hydrogens is 352 g/mol. The summed E-state index contributed by atoms with van der Waals surface area (Å²) in [6, 6.07) is 7.65. The number of likely N-dealkylation sites (tertiary alicyclic amines) is 1. The molecule has 4 rings (SSSR count). The molecule has 0 saturated carbocycles. The molecule has 1 atom stereocenters. The molecule has 0 radical (unpaired) electrons. The Bertz CT molecular complexity index is 994. The maximum absolute atomic E-state index is 13.0. The molecule has 1 aliphatic rings. The largest absolute Gasteiger partial charge is 0.338 e. The second-order valence-corrected chi connectivity index (χ2v) is 7.39. The molecule has 0 bridgehead atoms. The normalized spacial score (nSPS) is 17.0. The van der Waals surface area contributed by atoms with Crippen molar-refractivity contribution in [3.8, 4) is 11.3 Å². The Morgan fingerprint density at radius 1 is 1.14 bits per heavy atom. The Balaban J connectivity index is 1.51. The Morgan fingerprint density at radius 3 is 2.64 bits per heavy atom. The van der Waals surface area contributed by atoms with E-state index >= 15 is 0 Å². The predicted molar refractivity (Wildman–Crippen MR) is 106 cm³/mol. The van der Waals surface area contributed by atoms with E-state index in [0.717, 1.165) is 53.7 Å². The van der Waals surface area contributed by atoms with Gasteiger partial charge in [0.2, 0.25) is 0 Å². The molecule has 1 amide bonds. The number of hydrogen-bond donors (Lipinski definition) is 1. The Morgan fingerprint density at radius 2 is 1.93 bits per heavy atom. The molecule has 0 aliphatic carbocycles. The SMILES string of the molecule is Cc1cnc(C)c(-c2ccc(C(=O)N3CCC[C@H](c4n[nH]c(C)n4)C3)cc2)n1. The number of benzene rings is 1. The monoisotopic (exact) mass is 376 g/mol. The number of hydrogen-bond acceptors (Lipinski definition) is 5. The van der Waals surface area contributed by atoms with E-state index in [1.165, 1.54) is 0 Å². The highest BCUT2D eigenvalue weighted by molar-refractivity contribution is 5.94. The van der Waals surface area contributed by atoms with E-state index in [2.05, 4.69) is 25.1 Å². The number of amides is 1. The van der Waals surface area contributed by atoms with Crippen molar-refractivity contribution in [1.82, 2.24) is 30.0 Å². The number of aryl methyl sites for hydroxylation is 3. The number of nitrogens with zero attached hydrogens (tertiary/aromatic N) is 5. The molecule has 1 saturated heterocycles. The van der Waals surface area contributed by atoms with Crippen molar-refractivity contribution in [3.05, 3.63) is 59.1 Å². The van der Waals surface area contributed by atoms with Crippen LogP contribution in [-0.2, 0) is 0 Å².